The fraction of sp³-hybridized carbons (Fsp3) is 0.121. The molecule has 2 aromatic heterocycles. The Morgan fingerprint density at radius 3 is 2.77 bits per heavy atom. The molecule has 0 unspecified atom stereocenters. The fourth-order valence-corrected chi connectivity index (χ4v) is 6.05. The fourth-order valence-electron chi connectivity index (χ4n) is 4.89. The maximum Gasteiger partial charge on any atom is 0.282 e. The Morgan fingerprint density at radius 1 is 1.02 bits per heavy atom. The largest absolute Gasteiger partial charge is 0.490 e. The lowest BCUT2D eigenvalue weighted by Gasteiger charge is -2.15. The first kappa shape index (κ1) is 28.4. The molecule has 0 radical (unpaired) electrons. The van der Waals surface area contributed by atoms with Crippen LogP contribution in [0.25, 0.3) is 33.5 Å². The molecule has 1 aliphatic heterocycles. The Hall–Kier alpha value is -4.36. The lowest BCUT2D eigenvalue weighted by atomic mass is 10.2. The second kappa shape index (κ2) is 12.0. The summed E-state index contributed by atoms with van der Waals surface area (Å²) < 4.78 is 32.2. The number of furan rings is 1. The van der Waals surface area contributed by atoms with Gasteiger partial charge < -0.3 is 23.4 Å². The van der Waals surface area contributed by atoms with Crippen molar-refractivity contribution in [2.75, 3.05) is 13.4 Å². The minimum absolute atomic E-state index is 0.216. The molecule has 11 heteroatoms. The number of benzene rings is 4. The molecule has 0 fully saturated rings. The predicted molar refractivity (Wildman–Crippen MR) is 179 cm³/mol. The molecule has 0 bridgehead atoms. The molecule has 0 amide bonds. The molecule has 6 aromatic rings. The van der Waals surface area contributed by atoms with Gasteiger partial charge in [0, 0.05) is 9.86 Å². The third kappa shape index (κ3) is 5.52. The van der Waals surface area contributed by atoms with Crippen molar-refractivity contribution in [1.29, 1.82) is 0 Å². The third-order valence-electron chi connectivity index (χ3n) is 6.93. The normalized spacial score (nSPS) is 12.4. The number of fused-ring (bicyclic) bond motifs is 3. The average Bonchev–Trinajstić information content (AvgIpc) is 3.67. The number of hydrogen-bond donors (Lipinski definition) is 0. The number of halogens is 2. The molecule has 44 heavy (non-hydrogen) atoms. The van der Waals surface area contributed by atoms with E-state index in [1.165, 1.54) is 4.68 Å². The summed E-state index contributed by atoms with van der Waals surface area (Å²) in [5.74, 6) is 3.31. The highest BCUT2D eigenvalue weighted by atomic mass is 127. The van der Waals surface area contributed by atoms with E-state index < -0.39 is 0 Å². The maximum absolute atomic E-state index is 13.7. The molecular formula is C33H23BrIN3O6. The molecule has 3 heterocycles. The minimum Gasteiger partial charge on any atom is -0.490 e. The van der Waals surface area contributed by atoms with Gasteiger partial charge >= 0.3 is 0 Å². The summed E-state index contributed by atoms with van der Waals surface area (Å²) in [6.07, 6.45) is 1.60. The molecule has 0 aliphatic carbocycles. The lowest BCUT2D eigenvalue weighted by molar-refractivity contribution is 0.174. The van der Waals surface area contributed by atoms with Crippen molar-refractivity contribution in [1.82, 2.24) is 9.66 Å². The second-order valence-electron chi connectivity index (χ2n) is 9.85. The number of aromatic nitrogens is 2. The van der Waals surface area contributed by atoms with Gasteiger partial charge in [0.15, 0.2) is 28.8 Å². The molecular weight excluding hydrogens is 741 g/mol. The highest BCUT2D eigenvalue weighted by Gasteiger charge is 2.18. The molecule has 0 N–H and O–H groups in total. The maximum atomic E-state index is 13.7. The molecule has 7 rings (SSSR count). The number of para-hydroxylation sites is 1. The number of rotatable bonds is 8. The molecule has 0 saturated heterocycles. The zero-order valence-corrected chi connectivity index (χ0v) is 27.0. The van der Waals surface area contributed by atoms with E-state index in [1.54, 1.807) is 24.4 Å². The van der Waals surface area contributed by atoms with Crippen LogP contribution in [0.4, 0.5) is 0 Å². The van der Waals surface area contributed by atoms with E-state index in [0.29, 0.717) is 64.1 Å². The van der Waals surface area contributed by atoms with Gasteiger partial charge in [0.25, 0.3) is 5.56 Å². The Bertz CT molecular complexity index is 2140. The highest BCUT2D eigenvalue weighted by Crippen LogP contribution is 2.36. The summed E-state index contributed by atoms with van der Waals surface area (Å²) in [6, 6.07) is 24.2. The predicted octanol–water partition coefficient (Wildman–Crippen LogP) is 7.77. The zero-order chi connectivity index (χ0) is 30.2. The SMILES string of the molecule is CCOc1cc(C=Nn2c(-c3cc4cc(Br)ccc4o3)nc3ccccc3c2=O)cc(I)c1OCc1ccc2c(c1)OCO2. The van der Waals surface area contributed by atoms with Crippen LogP contribution < -0.4 is 24.5 Å². The van der Waals surface area contributed by atoms with Crippen molar-refractivity contribution in [3.8, 4) is 34.6 Å². The smallest absolute Gasteiger partial charge is 0.282 e. The van der Waals surface area contributed by atoms with E-state index in [1.807, 2.05) is 67.6 Å². The lowest BCUT2D eigenvalue weighted by Crippen LogP contribution is -2.20. The first-order valence-corrected chi connectivity index (χ1v) is 15.6. The first-order valence-electron chi connectivity index (χ1n) is 13.7. The van der Waals surface area contributed by atoms with E-state index in [0.717, 1.165) is 24.7 Å². The van der Waals surface area contributed by atoms with E-state index in [2.05, 4.69) is 43.6 Å². The van der Waals surface area contributed by atoms with Crippen molar-refractivity contribution in [3.05, 3.63) is 108 Å². The van der Waals surface area contributed by atoms with E-state index in [9.17, 15) is 4.79 Å². The Kier molecular flexibility index (Phi) is 7.73. The van der Waals surface area contributed by atoms with Crippen molar-refractivity contribution >= 4 is 66.6 Å². The van der Waals surface area contributed by atoms with Crippen molar-refractivity contribution in [3.63, 3.8) is 0 Å². The van der Waals surface area contributed by atoms with E-state index in [-0.39, 0.29) is 12.4 Å². The first-order chi connectivity index (χ1) is 21.5. The Balaban J connectivity index is 1.25. The third-order valence-corrected chi connectivity index (χ3v) is 8.22. The quantitative estimate of drug-likeness (QED) is 0.116. The molecule has 0 saturated carbocycles. The molecule has 1 aliphatic rings. The van der Waals surface area contributed by atoms with Crippen LogP contribution in [0, 0.1) is 3.57 Å². The van der Waals surface area contributed by atoms with Gasteiger partial charge in [0.05, 0.1) is 27.3 Å². The number of ether oxygens (including phenoxy) is 4. The van der Waals surface area contributed by atoms with Crippen molar-refractivity contribution < 1.29 is 23.4 Å². The zero-order valence-electron chi connectivity index (χ0n) is 23.3. The summed E-state index contributed by atoms with van der Waals surface area (Å²) in [5.41, 5.74) is 2.57. The summed E-state index contributed by atoms with van der Waals surface area (Å²) in [7, 11) is 0. The van der Waals surface area contributed by atoms with Gasteiger partial charge in [-0.3, -0.25) is 4.79 Å². The topological polar surface area (TPSA) is 97.3 Å². The Labute approximate surface area is 273 Å². The Morgan fingerprint density at radius 2 is 1.89 bits per heavy atom. The molecule has 0 atom stereocenters. The van der Waals surface area contributed by atoms with Crippen LogP contribution in [-0.2, 0) is 6.61 Å². The summed E-state index contributed by atoms with van der Waals surface area (Å²) in [4.78, 5) is 18.5. The van der Waals surface area contributed by atoms with Gasteiger partial charge in [-0.15, -0.1) is 0 Å². The van der Waals surface area contributed by atoms with Crippen LogP contribution in [0.2, 0.25) is 0 Å². The van der Waals surface area contributed by atoms with Gasteiger partial charge in [-0.05, 0) is 101 Å². The molecule has 0 spiro atoms. The minimum atomic E-state index is -0.313. The van der Waals surface area contributed by atoms with Crippen molar-refractivity contribution in [2.45, 2.75) is 13.5 Å². The van der Waals surface area contributed by atoms with Crippen LogP contribution in [-0.4, -0.2) is 29.3 Å². The molecule has 220 valence electrons. The van der Waals surface area contributed by atoms with E-state index in [4.69, 9.17) is 28.3 Å². The van der Waals surface area contributed by atoms with Crippen LogP contribution >= 0.6 is 38.5 Å². The van der Waals surface area contributed by atoms with E-state index >= 15 is 0 Å². The van der Waals surface area contributed by atoms with Crippen LogP contribution in [0.3, 0.4) is 0 Å². The van der Waals surface area contributed by atoms with Crippen LogP contribution in [0.1, 0.15) is 18.1 Å². The van der Waals surface area contributed by atoms with Crippen molar-refractivity contribution in [2.24, 2.45) is 5.10 Å². The van der Waals surface area contributed by atoms with Gasteiger partial charge in [0.1, 0.15) is 12.2 Å². The second-order valence-corrected chi connectivity index (χ2v) is 11.9. The molecule has 4 aromatic carbocycles. The summed E-state index contributed by atoms with van der Waals surface area (Å²) in [5, 5.41) is 5.93. The number of hydrogen-bond acceptors (Lipinski definition) is 8. The van der Waals surface area contributed by atoms with Gasteiger partial charge in [-0.1, -0.05) is 34.1 Å². The van der Waals surface area contributed by atoms with Crippen LogP contribution in [0.15, 0.2) is 97.6 Å². The van der Waals surface area contributed by atoms with Gasteiger partial charge in [0.2, 0.25) is 12.6 Å². The summed E-state index contributed by atoms with van der Waals surface area (Å²) >= 11 is 5.71. The van der Waals surface area contributed by atoms with Gasteiger partial charge in [-0.25, -0.2) is 4.98 Å². The number of nitrogens with zero attached hydrogens (tertiary/aromatic N) is 3. The average molecular weight is 764 g/mol. The van der Waals surface area contributed by atoms with Crippen LogP contribution in [0.5, 0.6) is 23.0 Å². The standard InChI is InChI=1S/C33H23BrIN3O6/c1-2-40-29-13-20(11-24(35)31(29)41-17-19-7-9-27-28(12-19)43-18-42-27)16-36-38-32(37-25-6-4-3-5-23(25)33(38)39)30-15-21-14-22(34)8-10-26(21)44-30/h3-16H,2,17-18H2,1H3. The monoisotopic (exact) mass is 763 g/mol. The molecule has 9 nitrogen and oxygen atoms in total. The van der Waals surface area contributed by atoms with Gasteiger partial charge in [-0.2, -0.15) is 9.78 Å². The highest BCUT2D eigenvalue weighted by molar-refractivity contribution is 14.1. The summed E-state index contributed by atoms with van der Waals surface area (Å²) in [6.45, 7) is 2.88.